The normalized spacial score (nSPS) is 11.9. The molecule has 1 aromatic carbocycles. The fraction of sp³-hybridized carbons (Fsp3) is 0.500. The summed E-state index contributed by atoms with van der Waals surface area (Å²) < 4.78 is 11.2. The van der Waals surface area contributed by atoms with Gasteiger partial charge in [-0.3, -0.25) is 0 Å². The second-order valence-corrected chi connectivity index (χ2v) is 6.34. The second-order valence-electron chi connectivity index (χ2n) is 6.34. The first-order valence-corrected chi connectivity index (χ1v) is 7.79. The average molecular weight is 303 g/mol. The largest absolute Gasteiger partial charge is 0.423 e. The topological polar surface area (TPSA) is 42.7 Å². The summed E-state index contributed by atoms with van der Waals surface area (Å²) >= 11 is 0. The van der Waals surface area contributed by atoms with Gasteiger partial charge in [0.05, 0.1) is 12.2 Å². The van der Waals surface area contributed by atoms with Crippen LogP contribution in [0.5, 0.6) is 0 Å². The van der Waals surface area contributed by atoms with Crippen LogP contribution in [0.25, 0.3) is 11.0 Å². The van der Waals surface area contributed by atoms with Crippen LogP contribution in [0.4, 0.5) is 5.69 Å². The molecule has 4 nitrogen and oxygen atoms in total. The Kier molecular flexibility index (Phi) is 4.91. The molecule has 1 aromatic heterocycles. The molecule has 0 radical (unpaired) electrons. The van der Waals surface area contributed by atoms with Crippen molar-refractivity contribution in [3.8, 4) is 0 Å². The molecule has 0 aliphatic rings. The molecule has 0 aliphatic carbocycles. The van der Waals surface area contributed by atoms with E-state index < -0.39 is 0 Å². The lowest BCUT2D eigenvalue weighted by molar-refractivity contribution is -0.0145. The number of ether oxygens (including phenoxy) is 1. The zero-order valence-corrected chi connectivity index (χ0v) is 14.1. The van der Waals surface area contributed by atoms with E-state index in [1.165, 1.54) is 6.07 Å². The van der Waals surface area contributed by atoms with Gasteiger partial charge in [0.1, 0.15) is 5.58 Å². The smallest absolute Gasteiger partial charge is 0.336 e. The van der Waals surface area contributed by atoms with E-state index in [4.69, 9.17) is 9.15 Å². The molecule has 120 valence electrons. The molecule has 0 atom stereocenters. The Morgan fingerprint density at radius 3 is 2.41 bits per heavy atom. The van der Waals surface area contributed by atoms with Crippen LogP contribution in [-0.2, 0) is 11.3 Å². The van der Waals surface area contributed by atoms with Crippen molar-refractivity contribution in [3.05, 3.63) is 40.2 Å². The Hall–Kier alpha value is -1.81. The molecular formula is C18H25NO3. The fourth-order valence-electron chi connectivity index (χ4n) is 2.42. The number of hydrogen-bond acceptors (Lipinski definition) is 4. The number of nitrogens with zero attached hydrogens (tertiary/aromatic N) is 1. The summed E-state index contributed by atoms with van der Waals surface area (Å²) in [5.41, 5.74) is 1.96. The van der Waals surface area contributed by atoms with Crippen LogP contribution in [0.1, 0.15) is 40.2 Å². The summed E-state index contributed by atoms with van der Waals surface area (Å²) in [5, 5.41) is 0.930. The Balaban J connectivity index is 2.44. The Morgan fingerprint density at radius 2 is 1.82 bits per heavy atom. The maximum atomic E-state index is 11.8. The van der Waals surface area contributed by atoms with Crippen LogP contribution >= 0.6 is 0 Å². The highest BCUT2D eigenvalue weighted by molar-refractivity contribution is 5.83. The summed E-state index contributed by atoms with van der Waals surface area (Å²) in [6.45, 7) is 12.4. The van der Waals surface area contributed by atoms with Crippen LogP contribution in [0.3, 0.4) is 0 Å². The highest BCUT2D eigenvalue weighted by Gasteiger charge is 2.13. The number of benzene rings is 1. The minimum atomic E-state index is -0.336. The first kappa shape index (κ1) is 16.6. The van der Waals surface area contributed by atoms with Gasteiger partial charge in [-0.15, -0.1) is 0 Å². The molecule has 0 bridgehead atoms. The van der Waals surface area contributed by atoms with Crippen molar-refractivity contribution in [2.45, 2.75) is 46.8 Å². The summed E-state index contributed by atoms with van der Waals surface area (Å²) in [4.78, 5) is 14.0. The van der Waals surface area contributed by atoms with Gasteiger partial charge in [0.15, 0.2) is 0 Å². The molecule has 0 aliphatic heterocycles. The van der Waals surface area contributed by atoms with Crippen molar-refractivity contribution in [3.63, 3.8) is 0 Å². The third-order valence-electron chi connectivity index (χ3n) is 3.60. The van der Waals surface area contributed by atoms with E-state index in [9.17, 15) is 4.79 Å². The lowest BCUT2D eigenvalue weighted by Crippen LogP contribution is -2.21. The molecule has 4 heteroatoms. The van der Waals surface area contributed by atoms with Gasteiger partial charge < -0.3 is 14.1 Å². The first-order chi connectivity index (χ1) is 10.3. The molecule has 0 saturated heterocycles. The molecule has 0 saturated carbocycles. The lowest BCUT2D eigenvalue weighted by atomic mass is 10.1. The summed E-state index contributed by atoms with van der Waals surface area (Å²) in [7, 11) is 0. The highest BCUT2D eigenvalue weighted by Crippen LogP contribution is 2.25. The van der Waals surface area contributed by atoms with E-state index in [0.29, 0.717) is 12.2 Å². The monoisotopic (exact) mass is 303 g/mol. The molecule has 1 heterocycles. The second kappa shape index (κ2) is 6.53. The minimum absolute atomic E-state index is 0.247. The SMILES string of the molecule is CCN(CC)c1ccc2c(COC(C)(C)C)cc(=O)oc2c1. The quantitative estimate of drug-likeness (QED) is 0.784. The van der Waals surface area contributed by atoms with Crippen LogP contribution in [0.15, 0.2) is 33.5 Å². The molecule has 0 amide bonds. The molecule has 0 unspecified atom stereocenters. The zero-order chi connectivity index (χ0) is 16.3. The van der Waals surface area contributed by atoms with Crippen molar-refractivity contribution in [2.24, 2.45) is 0 Å². The van der Waals surface area contributed by atoms with Gasteiger partial charge in [0.25, 0.3) is 0 Å². The third kappa shape index (κ3) is 3.89. The zero-order valence-electron chi connectivity index (χ0n) is 14.1. The third-order valence-corrected chi connectivity index (χ3v) is 3.60. The van der Waals surface area contributed by atoms with Crippen LogP contribution in [0, 0.1) is 0 Å². The van der Waals surface area contributed by atoms with Gasteiger partial charge in [-0.2, -0.15) is 0 Å². The van der Waals surface area contributed by atoms with E-state index in [1.807, 2.05) is 32.9 Å². The van der Waals surface area contributed by atoms with Crippen LogP contribution in [-0.4, -0.2) is 18.7 Å². The predicted octanol–water partition coefficient (Wildman–Crippen LogP) is 3.95. The van der Waals surface area contributed by atoms with Crippen molar-refractivity contribution in [1.29, 1.82) is 0 Å². The van der Waals surface area contributed by atoms with Crippen molar-refractivity contribution < 1.29 is 9.15 Å². The van der Waals surface area contributed by atoms with Gasteiger partial charge in [-0.05, 0) is 52.3 Å². The van der Waals surface area contributed by atoms with Gasteiger partial charge in [-0.25, -0.2) is 4.79 Å². The van der Waals surface area contributed by atoms with E-state index >= 15 is 0 Å². The molecule has 2 rings (SSSR count). The van der Waals surface area contributed by atoms with Gasteiger partial charge in [0, 0.05) is 36.3 Å². The summed E-state index contributed by atoms with van der Waals surface area (Å²) in [6.07, 6.45) is 0. The standard InChI is InChI=1S/C18H25NO3/c1-6-19(7-2)14-8-9-15-13(12-21-18(3,4)5)10-17(20)22-16(15)11-14/h8-11H,6-7,12H2,1-5H3. The number of fused-ring (bicyclic) bond motifs is 1. The van der Waals surface area contributed by atoms with Gasteiger partial charge in [-0.1, -0.05) is 0 Å². The van der Waals surface area contributed by atoms with E-state index in [2.05, 4.69) is 24.8 Å². The van der Waals surface area contributed by atoms with Crippen LogP contribution < -0.4 is 10.5 Å². The van der Waals surface area contributed by atoms with Gasteiger partial charge >= 0.3 is 5.63 Å². The van der Waals surface area contributed by atoms with Crippen molar-refractivity contribution in [2.75, 3.05) is 18.0 Å². The van der Waals surface area contributed by atoms with Crippen LogP contribution in [0.2, 0.25) is 0 Å². The maximum Gasteiger partial charge on any atom is 0.336 e. The summed E-state index contributed by atoms with van der Waals surface area (Å²) in [6, 6.07) is 7.53. The lowest BCUT2D eigenvalue weighted by Gasteiger charge is -2.22. The first-order valence-electron chi connectivity index (χ1n) is 7.79. The fourth-order valence-corrected chi connectivity index (χ4v) is 2.42. The highest BCUT2D eigenvalue weighted by atomic mass is 16.5. The van der Waals surface area contributed by atoms with E-state index in [-0.39, 0.29) is 11.2 Å². The molecule has 0 fully saturated rings. The minimum Gasteiger partial charge on any atom is -0.423 e. The summed E-state index contributed by atoms with van der Waals surface area (Å²) in [5.74, 6) is 0. The Bertz CT molecular complexity index is 694. The molecule has 22 heavy (non-hydrogen) atoms. The number of anilines is 1. The molecule has 0 spiro atoms. The van der Waals surface area contributed by atoms with E-state index in [1.54, 1.807) is 0 Å². The average Bonchev–Trinajstić information content (AvgIpc) is 2.44. The molecule has 0 N–H and O–H groups in total. The maximum absolute atomic E-state index is 11.8. The van der Waals surface area contributed by atoms with Gasteiger partial charge in [0.2, 0.25) is 0 Å². The molecular weight excluding hydrogens is 278 g/mol. The van der Waals surface area contributed by atoms with Crippen molar-refractivity contribution >= 4 is 16.7 Å². The van der Waals surface area contributed by atoms with Crippen molar-refractivity contribution in [1.82, 2.24) is 0 Å². The molecule has 2 aromatic rings. The Labute approximate surface area is 131 Å². The number of hydrogen-bond donors (Lipinski definition) is 0. The Morgan fingerprint density at radius 1 is 1.14 bits per heavy atom. The van der Waals surface area contributed by atoms with E-state index in [0.717, 1.165) is 29.7 Å². The predicted molar refractivity (Wildman–Crippen MR) is 90.6 cm³/mol. The number of rotatable bonds is 5.